The lowest BCUT2D eigenvalue weighted by Gasteiger charge is -2.08. The molecule has 0 bridgehead atoms. The highest BCUT2D eigenvalue weighted by Crippen LogP contribution is 2.28. The predicted molar refractivity (Wildman–Crippen MR) is 92.3 cm³/mol. The zero-order chi connectivity index (χ0) is 17.1. The number of hydrogen-bond acceptors (Lipinski definition) is 3. The largest absolute Gasteiger partial charge is 0.491 e. The van der Waals surface area contributed by atoms with Crippen LogP contribution in [-0.4, -0.2) is 36.0 Å². The molecule has 1 aromatic heterocycles. The molecule has 0 aliphatic heterocycles. The van der Waals surface area contributed by atoms with Crippen LogP contribution in [0.25, 0.3) is 16.6 Å². The fraction of sp³-hybridized carbons (Fsp3) is 0.211. The molecule has 3 rings (SSSR count). The first kappa shape index (κ1) is 16.1. The summed E-state index contributed by atoms with van der Waals surface area (Å²) >= 11 is 0. The van der Waals surface area contributed by atoms with E-state index in [0.29, 0.717) is 13.2 Å². The number of rotatable bonds is 6. The summed E-state index contributed by atoms with van der Waals surface area (Å²) in [6.45, 7) is 3.11. The summed E-state index contributed by atoms with van der Waals surface area (Å²) < 4.78 is 12.7. The Hall–Kier alpha value is -2.79. The van der Waals surface area contributed by atoms with Gasteiger partial charge in [0.25, 0.3) is 0 Å². The maximum atomic E-state index is 11.0. The van der Waals surface area contributed by atoms with Gasteiger partial charge < -0.3 is 19.1 Å². The molecule has 5 heteroatoms. The van der Waals surface area contributed by atoms with Crippen LogP contribution in [-0.2, 0) is 4.74 Å². The molecule has 124 valence electrons. The molecule has 0 atom stereocenters. The van der Waals surface area contributed by atoms with E-state index in [0.717, 1.165) is 27.9 Å². The van der Waals surface area contributed by atoms with Crippen LogP contribution in [0, 0.1) is 6.92 Å². The standard InChI is InChI=1S/C19H19NO4/c1-13-12-20(15-5-3-14(4-6-15)19(21)22)18-8-7-16(11-17(13)18)24-10-9-23-2/h3-8,11-12H,9-10H2,1-2H3,(H,21,22). The van der Waals surface area contributed by atoms with Gasteiger partial charge in [-0.15, -0.1) is 0 Å². The zero-order valence-electron chi connectivity index (χ0n) is 13.7. The number of aryl methyl sites for hydroxylation is 1. The van der Waals surface area contributed by atoms with E-state index in [2.05, 4.69) is 4.57 Å². The Morgan fingerprint density at radius 2 is 1.88 bits per heavy atom. The van der Waals surface area contributed by atoms with Gasteiger partial charge in [0.2, 0.25) is 0 Å². The second-order valence-electron chi connectivity index (χ2n) is 5.55. The number of hydrogen-bond donors (Lipinski definition) is 1. The molecule has 0 fully saturated rings. The normalized spacial score (nSPS) is 10.9. The number of carboxylic acids is 1. The summed E-state index contributed by atoms with van der Waals surface area (Å²) in [6.07, 6.45) is 2.04. The smallest absolute Gasteiger partial charge is 0.335 e. The second kappa shape index (κ2) is 6.76. The first-order valence-corrected chi connectivity index (χ1v) is 7.67. The van der Waals surface area contributed by atoms with Crippen LogP contribution in [0.5, 0.6) is 5.75 Å². The molecule has 1 N–H and O–H groups in total. The number of methoxy groups -OCH3 is 1. The summed E-state index contributed by atoms with van der Waals surface area (Å²) in [5, 5.41) is 10.1. The van der Waals surface area contributed by atoms with Crippen LogP contribution in [0.4, 0.5) is 0 Å². The monoisotopic (exact) mass is 325 g/mol. The third kappa shape index (κ3) is 3.12. The van der Waals surface area contributed by atoms with E-state index in [-0.39, 0.29) is 5.56 Å². The first-order chi connectivity index (χ1) is 11.6. The van der Waals surface area contributed by atoms with Crippen LogP contribution in [0.15, 0.2) is 48.7 Å². The first-order valence-electron chi connectivity index (χ1n) is 7.67. The van der Waals surface area contributed by atoms with E-state index >= 15 is 0 Å². The highest BCUT2D eigenvalue weighted by atomic mass is 16.5. The molecule has 5 nitrogen and oxygen atoms in total. The highest BCUT2D eigenvalue weighted by Gasteiger charge is 2.09. The molecule has 0 unspecified atom stereocenters. The van der Waals surface area contributed by atoms with E-state index in [1.807, 2.05) is 43.5 Å². The Balaban J connectivity index is 1.96. The summed E-state index contributed by atoms with van der Waals surface area (Å²) in [5.74, 6) is -0.116. The van der Waals surface area contributed by atoms with E-state index in [1.54, 1.807) is 19.2 Å². The number of benzene rings is 2. The van der Waals surface area contributed by atoms with Gasteiger partial charge in [-0.1, -0.05) is 0 Å². The minimum Gasteiger partial charge on any atom is -0.491 e. The van der Waals surface area contributed by atoms with Crippen molar-refractivity contribution in [1.82, 2.24) is 4.57 Å². The lowest BCUT2D eigenvalue weighted by Crippen LogP contribution is -2.04. The van der Waals surface area contributed by atoms with Crippen molar-refractivity contribution >= 4 is 16.9 Å². The molecular weight excluding hydrogens is 306 g/mol. The van der Waals surface area contributed by atoms with Crippen LogP contribution < -0.4 is 4.74 Å². The topological polar surface area (TPSA) is 60.7 Å². The summed E-state index contributed by atoms with van der Waals surface area (Å²) in [6, 6.07) is 12.8. The molecule has 0 spiro atoms. The molecule has 0 aliphatic rings. The van der Waals surface area contributed by atoms with Crippen molar-refractivity contribution in [3.05, 3.63) is 59.8 Å². The maximum Gasteiger partial charge on any atom is 0.335 e. The average molecular weight is 325 g/mol. The van der Waals surface area contributed by atoms with Crippen LogP contribution in [0.2, 0.25) is 0 Å². The van der Waals surface area contributed by atoms with Crippen molar-refractivity contribution in [2.75, 3.05) is 20.3 Å². The van der Waals surface area contributed by atoms with Gasteiger partial charge in [0.15, 0.2) is 0 Å². The van der Waals surface area contributed by atoms with Crippen molar-refractivity contribution in [2.45, 2.75) is 6.92 Å². The van der Waals surface area contributed by atoms with Gasteiger partial charge >= 0.3 is 5.97 Å². The number of carbonyl (C=O) groups is 1. The Morgan fingerprint density at radius 3 is 2.54 bits per heavy atom. The van der Waals surface area contributed by atoms with Gasteiger partial charge in [-0.05, 0) is 55.0 Å². The van der Waals surface area contributed by atoms with Crippen molar-refractivity contribution in [3.8, 4) is 11.4 Å². The van der Waals surface area contributed by atoms with Gasteiger partial charge in [0.05, 0.1) is 17.7 Å². The summed E-state index contributed by atoms with van der Waals surface area (Å²) in [7, 11) is 1.65. The minimum absolute atomic E-state index is 0.278. The molecule has 1 heterocycles. The molecule has 3 aromatic rings. The van der Waals surface area contributed by atoms with Crippen molar-refractivity contribution in [2.24, 2.45) is 0 Å². The van der Waals surface area contributed by atoms with Gasteiger partial charge in [-0.3, -0.25) is 0 Å². The quantitative estimate of drug-likeness (QED) is 0.703. The number of aromatic carboxylic acids is 1. The molecule has 0 radical (unpaired) electrons. The fourth-order valence-corrected chi connectivity index (χ4v) is 2.68. The number of carboxylic acid groups (broad SMARTS) is 1. The van der Waals surface area contributed by atoms with Crippen LogP contribution in [0.3, 0.4) is 0 Å². The van der Waals surface area contributed by atoms with E-state index in [4.69, 9.17) is 14.6 Å². The number of nitrogens with zero attached hydrogens (tertiary/aromatic N) is 1. The van der Waals surface area contributed by atoms with Gasteiger partial charge in [0, 0.05) is 24.4 Å². The Kier molecular flexibility index (Phi) is 4.53. The molecule has 2 aromatic carbocycles. The van der Waals surface area contributed by atoms with Gasteiger partial charge in [-0.25, -0.2) is 4.79 Å². The molecular formula is C19H19NO4. The second-order valence-corrected chi connectivity index (χ2v) is 5.55. The number of aromatic nitrogens is 1. The van der Waals surface area contributed by atoms with Crippen molar-refractivity contribution in [1.29, 1.82) is 0 Å². The molecule has 0 amide bonds. The van der Waals surface area contributed by atoms with Crippen molar-refractivity contribution < 1.29 is 19.4 Å². The van der Waals surface area contributed by atoms with E-state index in [1.165, 1.54) is 0 Å². The summed E-state index contributed by atoms with van der Waals surface area (Å²) in [4.78, 5) is 11.0. The fourth-order valence-electron chi connectivity index (χ4n) is 2.68. The molecule has 0 saturated carbocycles. The predicted octanol–water partition coefficient (Wildman–Crippen LogP) is 3.66. The third-order valence-electron chi connectivity index (χ3n) is 3.92. The minimum atomic E-state index is -0.923. The van der Waals surface area contributed by atoms with Gasteiger partial charge in [0.1, 0.15) is 12.4 Å². The highest BCUT2D eigenvalue weighted by molar-refractivity contribution is 5.89. The number of ether oxygens (including phenoxy) is 2. The maximum absolute atomic E-state index is 11.0. The third-order valence-corrected chi connectivity index (χ3v) is 3.92. The van der Waals surface area contributed by atoms with E-state index in [9.17, 15) is 4.79 Å². The van der Waals surface area contributed by atoms with Crippen molar-refractivity contribution in [3.63, 3.8) is 0 Å². The SMILES string of the molecule is COCCOc1ccc2c(c1)c(C)cn2-c1ccc(C(=O)O)cc1. The lowest BCUT2D eigenvalue weighted by atomic mass is 10.2. The molecule has 0 aliphatic carbocycles. The molecule has 0 saturated heterocycles. The van der Waals surface area contributed by atoms with E-state index < -0.39 is 5.97 Å². The van der Waals surface area contributed by atoms with Crippen LogP contribution >= 0.6 is 0 Å². The zero-order valence-corrected chi connectivity index (χ0v) is 13.7. The van der Waals surface area contributed by atoms with Crippen LogP contribution in [0.1, 0.15) is 15.9 Å². The Morgan fingerprint density at radius 1 is 1.12 bits per heavy atom. The van der Waals surface area contributed by atoms with Gasteiger partial charge in [-0.2, -0.15) is 0 Å². The number of fused-ring (bicyclic) bond motifs is 1. The average Bonchev–Trinajstić information content (AvgIpc) is 2.92. The molecule has 24 heavy (non-hydrogen) atoms. The Labute approximate surface area is 140 Å². The lowest BCUT2D eigenvalue weighted by molar-refractivity contribution is 0.0697. The Bertz CT molecular complexity index is 865. The summed E-state index contributed by atoms with van der Waals surface area (Å²) in [5.41, 5.74) is 3.38.